The van der Waals surface area contributed by atoms with Crippen LogP contribution in [-0.2, 0) is 10.0 Å². The number of nitro benzene ring substituents is 1. The quantitative estimate of drug-likeness (QED) is 0.622. The maximum absolute atomic E-state index is 12.7. The summed E-state index contributed by atoms with van der Waals surface area (Å²) in [6, 6.07) is 7.07. The van der Waals surface area contributed by atoms with Crippen molar-refractivity contribution >= 4 is 27.3 Å². The third kappa shape index (κ3) is 4.15. The second kappa shape index (κ2) is 7.45. The zero-order valence-electron chi connectivity index (χ0n) is 15.7. The number of sulfonamides is 1. The molecule has 9 heteroatoms. The lowest BCUT2D eigenvalue weighted by atomic mass is 10.1. The highest BCUT2D eigenvalue weighted by Crippen LogP contribution is 2.26. The molecular weight excluding hydrogens is 370 g/mol. The van der Waals surface area contributed by atoms with E-state index in [1.165, 1.54) is 38.4 Å². The van der Waals surface area contributed by atoms with E-state index in [4.69, 9.17) is 0 Å². The Hall–Kier alpha value is -2.78. The first-order chi connectivity index (χ1) is 12.4. The second-order valence-corrected chi connectivity index (χ2v) is 8.53. The molecule has 0 aliphatic heterocycles. The van der Waals surface area contributed by atoms with Crippen LogP contribution in [0.1, 0.15) is 27.0 Å². The fourth-order valence-electron chi connectivity index (χ4n) is 2.48. The first-order valence-electron chi connectivity index (χ1n) is 8.05. The number of non-ortho nitro benzene ring substituents is 1. The van der Waals surface area contributed by atoms with E-state index in [0.717, 1.165) is 4.31 Å². The van der Waals surface area contributed by atoms with Crippen LogP contribution in [-0.4, -0.2) is 37.6 Å². The van der Waals surface area contributed by atoms with Crippen LogP contribution in [0.15, 0.2) is 35.2 Å². The van der Waals surface area contributed by atoms with Crippen LogP contribution in [0.3, 0.4) is 0 Å². The van der Waals surface area contributed by atoms with Gasteiger partial charge in [-0.25, -0.2) is 12.7 Å². The van der Waals surface area contributed by atoms with Gasteiger partial charge in [0.2, 0.25) is 10.0 Å². The van der Waals surface area contributed by atoms with E-state index in [9.17, 15) is 23.3 Å². The fourth-order valence-corrected chi connectivity index (χ4v) is 3.69. The summed E-state index contributed by atoms with van der Waals surface area (Å²) in [5.74, 6) is -0.545. The largest absolute Gasteiger partial charge is 0.321 e. The molecule has 27 heavy (non-hydrogen) atoms. The predicted molar refractivity (Wildman–Crippen MR) is 103 cm³/mol. The van der Waals surface area contributed by atoms with E-state index in [-0.39, 0.29) is 16.1 Å². The summed E-state index contributed by atoms with van der Waals surface area (Å²) in [7, 11) is -0.881. The van der Waals surface area contributed by atoms with Crippen LogP contribution in [0.2, 0.25) is 0 Å². The number of benzene rings is 2. The van der Waals surface area contributed by atoms with Crippen molar-refractivity contribution in [2.75, 3.05) is 19.4 Å². The number of nitrogens with one attached hydrogen (secondary N) is 1. The van der Waals surface area contributed by atoms with Crippen molar-refractivity contribution in [3.05, 3.63) is 62.7 Å². The Morgan fingerprint density at radius 1 is 1.07 bits per heavy atom. The number of hydrogen-bond donors (Lipinski definition) is 1. The number of carbonyl (C=O) groups excluding carboxylic acids is 1. The smallest absolute Gasteiger partial charge is 0.271 e. The van der Waals surface area contributed by atoms with Gasteiger partial charge < -0.3 is 5.32 Å². The molecule has 2 aromatic rings. The summed E-state index contributed by atoms with van der Waals surface area (Å²) in [5.41, 5.74) is 2.17. The Bertz CT molecular complexity index is 1030. The van der Waals surface area contributed by atoms with E-state index in [2.05, 4.69) is 5.32 Å². The SMILES string of the molecule is Cc1ccc([N+](=O)[O-])cc1NC(=O)c1cc(C)c(C)c(S(=O)(=O)N(C)C)c1. The molecule has 8 nitrogen and oxygen atoms in total. The van der Waals surface area contributed by atoms with Gasteiger partial charge in [-0.15, -0.1) is 0 Å². The molecule has 0 saturated carbocycles. The molecule has 0 bridgehead atoms. The molecule has 0 radical (unpaired) electrons. The molecule has 0 aliphatic carbocycles. The molecule has 0 unspecified atom stereocenters. The van der Waals surface area contributed by atoms with E-state index in [1.54, 1.807) is 26.8 Å². The molecular formula is C18H21N3O5S. The molecule has 0 atom stereocenters. The molecule has 0 spiro atoms. The third-order valence-electron chi connectivity index (χ3n) is 4.32. The normalized spacial score (nSPS) is 11.5. The minimum atomic E-state index is -3.72. The third-order valence-corrected chi connectivity index (χ3v) is 6.26. The molecule has 0 saturated heterocycles. The van der Waals surface area contributed by atoms with Gasteiger partial charge in [0, 0.05) is 31.8 Å². The van der Waals surface area contributed by atoms with Crippen molar-refractivity contribution in [3.8, 4) is 0 Å². The van der Waals surface area contributed by atoms with E-state index in [0.29, 0.717) is 22.4 Å². The molecule has 1 amide bonds. The van der Waals surface area contributed by atoms with Gasteiger partial charge in [0.15, 0.2) is 0 Å². The lowest BCUT2D eigenvalue weighted by Gasteiger charge is -2.17. The van der Waals surface area contributed by atoms with Gasteiger partial charge in [0.25, 0.3) is 11.6 Å². The molecule has 0 fully saturated rings. The highest BCUT2D eigenvalue weighted by atomic mass is 32.2. The first-order valence-corrected chi connectivity index (χ1v) is 9.49. The summed E-state index contributed by atoms with van der Waals surface area (Å²) in [6.07, 6.45) is 0. The van der Waals surface area contributed by atoms with Gasteiger partial charge in [0.1, 0.15) is 0 Å². The number of nitrogens with zero attached hydrogens (tertiary/aromatic N) is 2. The molecule has 0 aliphatic rings. The zero-order chi connectivity index (χ0) is 20.5. The lowest BCUT2D eigenvalue weighted by molar-refractivity contribution is -0.384. The first kappa shape index (κ1) is 20.5. The van der Waals surface area contributed by atoms with Gasteiger partial charge in [-0.3, -0.25) is 14.9 Å². The maximum atomic E-state index is 12.7. The summed E-state index contributed by atoms with van der Waals surface area (Å²) in [5, 5.41) is 13.6. The molecule has 2 aromatic carbocycles. The number of aryl methyl sites for hydroxylation is 2. The monoisotopic (exact) mass is 391 g/mol. The number of carbonyl (C=O) groups is 1. The average Bonchev–Trinajstić information content (AvgIpc) is 2.58. The summed E-state index contributed by atoms with van der Waals surface area (Å²) >= 11 is 0. The number of rotatable bonds is 5. The van der Waals surface area contributed by atoms with Gasteiger partial charge in [0.05, 0.1) is 15.5 Å². The minimum Gasteiger partial charge on any atom is -0.321 e. The van der Waals surface area contributed by atoms with Crippen molar-refractivity contribution in [1.29, 1.82) is 0 Å². The Morgan fingerprint density at radius 3 is 2.26 bits per heavy atom. The maximum Gasteiger partial charge on any atom is 0.271 e. The predicted octanol–water partition coefficient (Wildman–Crippen LogP) is 3.02. The van der Waals surface area contributed by atoms with Crippen LogP contribution in [0.5, 0.6) is 0 Å². The Balaban J connectivity index is 2.48. The Labute approximate surface area is 158 Å². The summed E-state index contributed by atoms with van der Waals surface area (Å²) in [6.45, 7) is 5.11. The summed E-state index contributed by atoms with van der Waals surface area (Å²) < 4.78 is 26.1. The molecule has 2 rings (SSSR count). The van der Waals surface area contributed by atoms with Gasteiger partial charge in [-0.1, -0.05) is 6.07 Å². The van der Waals surface area contributed by atoms with Crippen LogP contribution >= 0.6 is 0 Å². The van der Waals surface area contributed by atoms with Gasteiger partial charge >= 0.3 is 0 Å². The van der Waals surface area contributed by atoms with Crippen molar-refractivity contribution in [2.45, 2.75) is 25.7 Å². The molecule has 1 N–H and O–H groups in total. The topological polar surface area (TPSA) is 110 Å². The Kier molecular flexibility index (Phi) is 5.67. The zero-order valence-corrected chi connectivity index (χ0v) is 16.5. The van der Waals surface area contributed by atoms with E-state index < -0.39 is 20.9 Å². The van der Waals surface area contributed by atoms with Crippen molar-refractivity contribution in [1.82, 2.24) is 4.31 Å². The highest BCUT2D eigenvalue weighted by molar-refractivity contribution is 7.89. The van der Waals surface area contributed by atoms with E-state index >= 15 is 0 Å². The van der Waals surface area contributed by atoms with Crippen LogP contribution in [0.25, 0.3) is 0 Å². The van der Waals surface area contributed by atoms with Crippen LogP contribution in [0.4, 0.5) is 11.4 Å². The highest BCUT2D eigenvalue weighted by Gasteiger charge is 2.23. The molecule has 0 aromatic heterocycles. The van der Waals surface area contributed by atoms with Crippen molar-refractivity contribution in [3.63, 3.8) is 0 Å². The second-order valence-electron chi connectivity index (χ2n) is 6.41. The molecule has 0 heterocycles. The number of hydrogen-bond acceptors (Lipinski definition) is 5. The van der Waals surface area contributed by atoms with Gasteiger partial charge in [-0.05, 0) is 49.6 Å². The van der Waals surface area contributed by atoms with Crippen molar-refractivity contribution in [2.24, 2.45) is 0 Å². The standard InChI is InChI=1S/C18H21N3O5S/c1-11-6-7-15(21(23)24)10-16(11)19-18(22)14-8-12(2)13(3)17(9-14)27(25,26)20(4)5/h6-10H,1-5H3,(H,19,22). The van der Waals surface area contributed by atoms with Gasteiger partial charge in [-0.2, -0.15) is 0 Å². The number of anilines is 1. The van der Waals surface area contributed by atoms with Crippen LogP contribution < -0.4 is 5.32 Å². The number of amides is 1. The lowest BCUT2D eigenvalue weighted by Crippen LogP contribution is -2.24. The van der Waals surface area contributed by atoms with E-state index in [1.807, 2.05) is 0 Å². The van der Waals surface area contributed by atoms with Crippen LogP contribution in [0, 0.1) is 30.9 Å². The average molecular weight is 391 g/mol. The minimum absolute atomic E-state index is 0.0495. The Morgan fingerprint density at radius 2 is 1.70 bits per heavy atom. The fraction of sp³-hybridized carbons (Fsp3) is 0.278. The molecule has 144 valence electrons. The summed E-state index contributed by atoms with van der Waals surface area (Å²) in [4.78, 5) is 23.1. The number of nitro groups is 1. The van der Waals surface area contributed by atoms with Crippen molar-refractivity contribution < 1.29 is 18.1 Å².